The van der Waals surface area contributed by atoms with Crippen molar-refractivity contribution in [2.45, 2.75) is 52.6 Å². The monoisotopic (exact) mass is 201 g/mol. The van der Waals surface area contributed by atoms with Gasteiger partial charge in [0, 0.05) is 6.54 Å². The van der Waals surface area contributed by atoms with Crippen molar-refractivity contribution in [3.8, 4) is 0 Å². The molecule has 0 N–H and O–H groups in total. The van der Waals surface area contributed by atoms with Crippen LogP contribution >= 0.6 is 0 Å². The van der Waals surface area contributed by atoms with E-state index in [0.717, 1.165) is 25.9 Å². The third kappa shape index (κ3) is 4.94. The van der Waals surface area contributed by atoms with E-state index in [1.165, 1.54) is 12.8 Å². The van der Waals surface area contributed by atoms with Crippen molar-refractivity contribution in [2.24, 2.45) is 5.41 Å². The van der Waals surface area contributed by atoms with Crippen LogP contribution in [0.1, 0.15) is 46.5 Å². The van der Waals surface area contributed by atoms with E-state index in [9.17, 15) is 4.39 Å². The van der Waals surface area contributed by atoms with E-state index in [1.54, 1.807) is 0 Å². The fourth-order valence-electron chi connectivity index (χ4n) is 1.86. The van der Waals surface area contributed by atoms with Crippen molar-refractivity contribution < 1.29 is 4.39 Å². The SMILES string of the molecule is CC(C)(C)CCN1CCCCC(F)C1. The highest BCUT2D eigenvalue weighted by Gasteiger charge is 2.19. The van der Waals surface area contributed by atoms with E-state index in [0.29, 0.717) is 12.0 Å². The maximum atomic E-state index is 13.3. The van der Waals surface area contributed by atoms with Crippen LogP contribution in [0.15, 0.2) is 0 Å². The number of alkyl halides is 1. The molecule has 2 heteroatoms. The van der Waals surface area contributed by atoms with Crippen LogP contribution in [-0.4, -0.2) is 30.7 Å². The minimum Gasteiger partial charge on any atom is -0.300 e. The third-order valence-electron chi connectivity index (χ3n) is 2.88. The molecule has 14 heavy (non-hydrogen) atoms. The van der Waals surface area contributed by atoms with E-state index >= 15 is 0 Å². The fraction of sp³-hybridized carbons (Fsp3) is 1.00. The molecule has 1 nitrogen and oxygen atoms in total. The zero-order valence-corrected chi connectivity index (χ0v) is 9.85. The first kappa shape index (κ1) is 12.0. The highest BCUT2D eigenvalue weighted by atomic mass is 19.1. The van der Waals surface area contributed by atoms with Gasteiger partial charge >= 0.3 is 0 Å². The smallest absolute Gasteiger partial charge is 0.113 e. The second-order valence-corrected chi connectivity index (χ2v) is 5.70. The summed E-state index contributed by atoms with van der Waals surface area (Å²) in [6.07, 6.45) is 3.58. The molecule has 0 amide bonds. The van der Waals surface area contributed by atoms with Crippen molar-refractivity contribution in [1.29, 1.82) is 0 Å². The van der Waals surface area contributed by atoms with Crippen molar-refractivity contribution in [2.75, 3.05) is 19.6 Å². The molecule has 84 valence electrons. The number of hydrogen-bond donors (Lipinski definition) is 0. The maximum absolute atomic E-state index is 13.3. The summed E-state index contributed by atoms with van der Waals surface area (Å²) in [5.41, 5.74) is 0.373. The van der Waals surface area contributed by atoms with Gasteiger partial charge in [-0.1, -0.05) is 20.8 Å². The Kier molecular flexibility index (Phi) is 4.36. The average Bonchev–Trinajstić information content (AvgIpc) is 2.25. The lowest BCUT2D eigenvalue weighted by molar-refractivity contribution is 0.185. The van der Waals surface area contributed by atoms with Crippen LogP contribution in [0.4, 0.5) is 4.39 Å². The van der Waals surface area contributed by atoms with Gasteiger partial charge in [-0.3, -0.25) is 0 Å². The first-order chi connectivity index (χ1) is 6.47. The number of halogens is 1. The molecule has 0 radical (unpaired) electrons. The molecule has 1 aliphatic heterocycles. The molecule has 1 unspecified atom stereocenters. The minimum atomic E-state index is -0.586. The van der Waals surface area contributed by atoms with Gasteiger partial charge in [0.15, 0.2) is 0 Å². The van der Waals surface area contributed by atoms with Gasteiger partial charge in [-0.15, -0.1) is 0 Å². The van der Waals surface area contributed by atoms with Crippen LogP contribution in [0.25, 0.3) is 0 Å². The van der Waals surface area contributed by atoms with Crippen LogP contribution in [0.5, 0.6) is 0 Å². The molecule has 1 saturated heterocycles. The van der Waals surface area contributed by atoms with Gasteiger partial charge in [-0.25, -0.2) is 4.39 Å². The second-order valence-electron chi connectivity index (χ2n) is 5.70. The van der Waals surface area contributed by atoms with Crippen molar-refractivity contribution in [3.05, 3.63) is 0 Å². The highest BCUT2D eigenvalue weighted by Crippen LogP contribution is 2.20. The summed E-state index contributed by atoms with van der Waals surface area (Å²) in [5.74, 6) is 0. The van der Waals surface area contributed by atoms with Crippen molar-refractivity contribution in [3.63, 3.8) is 0 Å². The number of likely N-dealkylation sites (tertiary alicyclic amines) is 1. The van der Waals surface area contributed by atoms with Gasteiger partial charge in [0.25, 0.3) is 0 Å². The van der Waals surface area contributed by atoms with Crippen LogP contribution in [0.3, 0.4) is 0 Å². The van der Waals surface area contributed by atoms with Gasteiger partial charge < -0.3 is 4.90 Å². The molecule has 0 aliphatic carbocycles. The first-order valence-corrected chi connectivity index (χ1v) is 5.84. The molecule has 0 bridgehead atoms. The first-order valence-electron chi connectivity index (χ1n) is 5.84. The molecule has 1 aliphatic rings. The van der Waals surface area contributed by atoms with E-state index < -0.39 is 6.17 Å². The van der Waals surface area contributed by atoms with E-state index in [4.69, 9.17) is 0 Å². The quantitative estimate of drug-likeness (QED) is 0.663. The largest absolute Gasteiger partial charge is 0.300 e. The van der Waals surface area contributed by atoms with Crippen LogP contribution < -0.4 is 0 Å². The van der Waals surface area contributed by atoms with E-state index in [-0.39, 0.29) is 0 Å². The number of nitrogens with zero attached hydrogens (tertiary/aromatic N) is 1. The van der Waals surface area contributed by atoms with Crippen LogP contribution in [0.2, 0.25) is 0 Å². The zero-order valence-electron chi connectivity index (χ0n) is 9.85. The van der Waals surface area contributed by atoms with Gasteiger partial charge in [-0.05, 0) is 44.2 Å². The summed E-state index contributed by atoms with van der Waals surface area (Å²) in [6.45, 7) is 9.56. The van der Waals surface area contributed by atoms with E-state index in [1.807, 2.05) is 0 Å². The average molecular weight is 201 g/mol. The number of rotatable bonds is 2. The van der Waals surface area contributed by atoms with Crippen molar-refractivity contribution in [1.82, 2.24) is 4.90 Å². The Labute approximate surface area is 87.7 Å². The Hall–Kier alpha value is -0.110. The van der Waals surface area contributed by atoms with Crippen molar-refractivity contribution >= 4 is 0 Å². The molecule has 0 aromatic carbocycles. The molecular formula is C12H24FN. The summed E-state index contributed by atoms with van der Waals surface area (Å²) >= 11 is 0. The summed E-state index contributed by atoms with van der Waals surface area (Å²) < 4.78 is 13.3. The topological polar surface area (TPSA) is 3.24 Å². The van der Waals surface area contributed by atoms with Crippen LogP contribution in [-0.2, 0) is 0 Å². The molecule has 0 aromatic rings. The molecule has 1 atom stereocenters. The lowest BCUT2D eigenvalue weighted by Gasteiger charge is -2.26. The third-order valence-corrected chi connectivity index (χ3v) is 2.88. The Bertz CT molecular complexity index is 162. The van der Waals surface area contributed by atoms with E-state index in [2.05, 4.69) is 25.7 Å². The summed E-state index contributed by atoms with van der Waals surface area (Å²) in [5, 5.41) is 0. The summed E-state index contributed by atoms with van der Waals surface area (Å²) in [4.78, 5) is 2.29. The predicted octanol–water partition coefficient (Wildman–Crippen LogP) is 3.25. The zero-order chi connectivity index (χ0) is 10.6. The Morgan fingerprint density at radius 3 is 2.64 bits per heavy atom. The van der Waals surface area contributed by atoms with Gasteiger partial charge in [0.1, 0.15) is 6.17 Å². The lowest BCUT2D eigenvalue weighted by atomic mass is 9.92. The Balaban J connectivity index is 2.28. The maximum Gasteiger partial charge on any atom is 0.113 e. The summed E-state index contributed by atoms with van der Waals surface area (Å²) in [7, 11) is 0. The minimum absolute atomic E-state index is 0.373. The lowest BCUT2D eigenvalue weighted by Crippen LogP contribution is -2.32. The molecule has 0 spiro atoms. The molecule has 1 heterocycles. The van der Waals surface area contributed by atoms with Gasteiger partial charge in [-0.2, -0.15) is 0 Å². The molecule has 0 aromatic heterocycles. The fourth-order valence-corrected chi connectivity index (χ4v) is 1.86. The van der Waals surface area contributed by atoms with Gasteiger partial charge in [0.2, 0.25) is 0 Å². The van der Waals surface area contributed by atoms with Gasteiger partial charge in [0.05, 0.1) is 0 Å². The number of hydrogen-bond acceptors (Lipinski definition) is 1. The standard InChI is InChI=1S/C12H24FN/c1-12(2,3)7-9-14-8-5-4-6-11(13)10-14/h11H,4-10H2,1-3H3. The normalized spacial score (nSPS) is 26.1. The predicted molar refractivity (Wildman–Crippen MR) is 59.3 cm³/mol. The second kappa shape index (κ2) is 5.11. The molecular weight excluding hydrogens is 177 g/mol. The molecule has 0 saturated carbocycles. The highest BCUT2D eigenvalue weighted by molar-refractivity contribution is 4.72. The molecule has 1 rings (SSSR count). The van der Waals surface area contributed by atoms with Crippen LogP contribution in [0, 0.1) is 5.41 Å². The summed E-state index contributed by atoms with van der Waals surface area (Å²) in [6, 6.07) is 0. The molecule has 1 fully saturated rings. The Morgan fingerprint density at radius 2 is 2.00 bits per heavy atom. The Morgan fingerprint density at radius 1 is 1.29 bits per heavy atom.